The molecule has 1 aliphatic rings. The fraction of sp³-hybridized carbons (Fsp3) is 0.538. The largest absolute Gasteiger partial charge is 0.399 e. The molecule has 1 aromatic rings. The van der Waals surface area contributed by atoms with E-state index >= 15 is 0 Å². The molecular formula is C13H19N3O2. The van der Waals surface area contributed by atoms with Crippen molar-refractivity contribution in [2.24, 2.45) is 5.92 Å². The molecule has 1 saturated carbocycles. The molecule has 1 fully saturated rings. The van der Waals surface area contributed by atoms with E-state index < -0.39 is 0 Å². The van der Waals surface area contributed by atoms with E-state index in [1.807, 2.05) is 0 Å². The van der Waals surface area contributed by atoms with Crippen LogP contribution >= 0.6 is 0 Å². The van der Waals surface area contributed by atoms with Crippen LogP contribution in [0.2, 0.25) is 0 Å². The fourth-order valence-corrected chi connectivity index (χ4v) is 2.32. The highest BCUT2D eigenvalue weighted by Crippen LogP contribution is 2.23. The number of amides is 1. The van der Waals surface area contributed by atoms with Gasteiger partial charge in [-0.05, 0) is 43.7 Å². The number of pyridine rings is 1. The highest BCUT2D eigenvalue weighted by Gasteiger charge is 2.22. The van der Waals surface area contributed by atoms with Gasteiger partial charge in [0.1, 0.15) is 5.69 Å². The SMILES string of the molecule is Nc1ccnc(C(=O)NC2CCC(CO)CC2)c1. The van der Waals surface area contributed by atoms with Gasteiger partial charge in [-0.2, -0.15) is 0 Å². The first kappa shape index (κ1) is 12.8. The Hall–Kier alpha value is -1.62. The van der Waals surface area contributed by atoms with Crippen LogP contribution in [0, 0.1) is 5.92 Å². The first-order chi connectivity index (χ1) is 8.69. The number of hydrogen-bond donors (Lipinski definition) is 3. The summed E-state index contributed by atoms with van der Waals surface area (Å²) in [6.07, 6.45) is 5.29. The lowest BCUT2D eigenvalue weighted by molar-refractivity contribution is 0.0909. The number of aliphatic hydroxyl groups excluding tert-OH is 1. The minimum Gasteiger partial charge on any atom is -0.399 e. The number of nitrogens with two attached hydrogens (primary N) is 1. The summed E-state index contributed by atoms with van der Waals surface area (Å²) in [5.41, 5.74) is 6.52. The second kappa shape index (κ2) is 5.82. The molecule has 0 saturated heterocycles. The quantitative estimate of drug-likeness (QED) is 0.744. The topological polar surface area (TPSA) is 88.2 Å². The third-order valence-electron chi connectivity index (χ3n) is 3.46. The zero-order chi connectivity index (χ0) is 13.0. The Kier molecular flexibility index (Phi) is 4.15. The molecule has 4 N–H and O–H groups in total. The van der Waals surface area contributed by atoms with Gasteiger partial charge in [0.05, 0.1) is 0 Å². The Labute approximate surface area is 106 Å². The van der Waals surface area contributed by atoms with Crippen molar-refractivity contribution in [1.29, 1.82) is 0 Å². The number of nitrogens with one attached hydrogen (secondary N) is 1. The molecule has 5 heteroatoms. The number of hydrogen-bond acceptors (Lipinski definition) is 4. The molecular weight excluding hydrogens is 230 g/mol. The average molecular weight is 249 g/mol. The standard InChI is InChI=1S/C13H19N3O2/c14-10-5-6-15-12(7-10)13(18)16-11-3-1-9(8-17)2-4-11/h5-7,9,11,17H,1-4,8H2,(H2,14,15)(H,16,18). The highest BCUT2D eigenvalue weighted by atomic mass is 16.3. The monoisotopic (exact) mass is 249 g/mol. The van der Waals surface area contributed by atoms with Crippen LogP contribution in [0.5, 0.6) is 0 Å². The van der Waals surface area contributed by atoms with Crippen LogP contribution in [0.15, 0.2) is 18.3 Å². The predicted molar refractivity (Wildman–Crippen MR) is 68.9 cm³/mol. The minimum atomic E-state index is -0.172. The van der Waals surface area contributed by atoms with Crippen LogP contribution < -0.4 is 11.1 Å². The molecule has 0 spiro atoms. The van der Waals surface area contributed by atoms with E-state index in [0.29, 0.717) is 17.3 Å². The lowest BCUT2D eigenvalue weighted by Gasteiger charge is -2.27. The van der Waals surface area contributed by atoms with Gasteiger partial charge in [0.25, 0.3) is 5.91 Å². The third kappa shape index (κ3) is 3.20. The van der Waals surface area contributed by atoms with E-state index in [1.165, 1.54) is 6.20 Å². The highest BCUT2D eigenvalue weighted by molar-refractivity contribution is 5.93. The van der Waals surface area contributed by atoms with E-state index in [1.54, 1.807) is 12.1 Å². The van der Waals surface area contributed by atoms with Crippen LogP contribution in [0.1, 0.15) is 36.2 Å². The molecule has 2 rings (SSSR count). The van der Waals surface area contributed by atoms with Crippen molar-refractivity contribution < 1.29 is 9.90 Å². The van der Waals surface area contributed by atoms with Crippen molar-refractivity contribution in [2.75, 3.05) is 12.3 Å². The maximum Gasteiger partial charge on any atom is 0.270 e. The summed E-state index contributed by atoms with van der Waals surface area (Å²) in [6.45, 7) is 0.247. The van der Waals surface area contributed by atoms with Crippen molar-refractivity contribution in [1.82, 2.24) is 10.3 Å². The maximum atomic E-state index is 11.9. The number of aliphatic hydroxyl groups is 1. The van der Waals surface area contributed by atoms with E-state index in [2.05, 4.69) is 10.3 Å². The van der Waals surface area contributed by atoms with Gasteiger partial charge in [-0.15, -0.1) is 0 Å². The van der Waals surface area contributed by atoms with E-state index in [9.17, 15) is 4.79 Å². The third-order valence-corrected chi connectivity index (χ3v) is 3.46. The lowest BCUT2D eigenvalue weighted by atomic mass is 9.86. The molecule has 1 aliphatic carbocycles. The van der Waals surface area contributed by atoms with Crippen LogP contribution in [0.3, 0.4) is 0 Å². The number of rotatable bonds is 3. The molecule has 98 valence electrons. The van der Waals surface area contributed by atoms with Crippen molar-refractivity contribution in [3.8, 4) is 0 Å². The average Bonchev–Trinajstić information content (AvgIpc) is 2.39. The molecule has 1 aromatic heterocycles. The Balaban J connectivity index is 1.89. The predicted octanol–water partition coefficient (Wildman–Crippen LogP) is 0.945. The number of nitrogen functional groups attached to an aromatic ring is 1. The summed E-state index contributed by atoms with van der Waals surface area (Å²) in [7, 11) is 0. The number of carbonyl (C=O) groups is 1. The Bertz CT molecular complexity index is 414. The van der Waals surface area contributed by atoms with Crippen molar-refractivity contribution in [2.45, 2.75) is 31.7 Å². The second-order valence-corrected chi connectivity index (χ2v) is 4.85. The summed E-state index contributed by atoms with van der Waals surface area (Å²) in [5, 5.41) is 12.0. The molecule has 0 atom stereocenters. The Morgan fingerprint density at radius 2 is 2.17 bits per heavy atom. The maximum absolute atomic E-state index is 11.9. The molecule has 5 nitrogen and oxygen atoms in total. The lowest BCUT2D eigenvalue weighted by Crippen LogP contribution is -2.38. The van der Waals surface area contributed by atoms with Crippen LogP contribution in [-0.2, 0) is 0 Å². The van der Waals surface area contributed by atoms with Gasteiger partial charge in [-0.1, -0.05) is 0 Å². The summed E-state index contributed by atoms with van der Waals surface area (Å²) >= 11 is 0. The van der Waals surface area contributed by atoms with Crippen LogP contribution in [0.4, 0.5) is 5.69 Å². The fourth-order valence-electron chi connectivity index (χ4n) is 2.32. The van der Waals surface area contributed by atoms with E-state index in [-0.39, 0.29) is 18.6 Å². The van der Waals surface area contributed by atoms with Gasteiger partial charge in [0, 0.05) is 24.5 Å². The summed E-state index contributed by atoms with van der Waals surface area (Å²) < 4.78 is 0. The molecule has 18 heavy (non-hydrogen) atoms. The first-order valence-electron chi connectivity index (χ1n) is 6.32. The van der Waals surface area contributed by atoms with Gasteiger partial charge in [-0.3, -0.25) is 9.78 Å². The Morgan fingerprint density at radius 1 is 1.44 bits per heavy atom. The second-order valence-electron chi connectivity index (χ2n) is 4.85. The first-order valence-corrected chi connectivity index (χ1v) is 6.32. The van der Waals surface area contributed by atoms with Crippen molar-refractivity contribution in [3.05, 3.63) is 24.0 Å². The number of aromatic nitrogens is 1. The summed E-state index contributed by atoms with van der Waals surface area (Å²) in [4.78, 5) is 15.9. The number of nitrogens with zero attached hydrogens (tertiary/aromatic N) is 1. The molecule has 0 aromatic carbocycles. The molecule has 1 amide bonds. The van der Waals surface area contributed by atoms with Gasteiger partial charge in [0.15, 0.2) is 0 Å². The van der Waals surface area contributed by atoms with Gasteiger partial charge < -0.3 is 16.2 Å². The molecule has 0 bridgehead atoms. The van der Waals surface area contributed by atoms with Crippen molar-refractivity contribution in [3.63, 3.8) is 0 Å². The zero-order valence-electron chi connectivity index (χ0n) is 10.3. The molecule has 1 heterocycles. The normalized spacial score (nSPS) is 23.6. The molecule has 0 aliphatic heterocycles. The van der Waals surface area contributed by atoms with Crippen LogP contribution in [-0.4, -0.2) is 28.6 Å². The summed E-state index contributed by atoms with van der Waals surface area (Å²) in [5.74, 6) is 0.221. The number of carbonyl (C=O) groups excluding carboxylic acids is 1. The van der Waals surface area contributed by atoms with E-state index in [4.69, 9.17) is 10.8 Å². The van der Waals surface area contributed by atoms with Gasteiger partial charge in [0.2, 0.25) is 0 Å². The summed E-state index contributed by atoms with van der Waals surface area (Å²) in [6, 6.07) is 3.42. The molecule has 0 unspecified atom stereocenters. The Morgan fingerprint density at radius 3 is 2.78 bits per heavy atom. The van der Waals surface area contributed by atoms with Gasteiger partial charge in [-0.25, -0.2) is 0 Å². The molecule has 0 radical (unpaired) electrons. The number of anilines is 1. The zero-order valence-corrected chi connectivity index (χ0v) is 10.3. The smallest absolute Gasteiger partial charge is 0.270 e. The van der Waals surface area contributed by atoms with Crippen LogP contribution in [0.25, 0.3) is 0 Å². The van der Waals surface area contributed by atoms with Crippen molar-refractivity contribution >= 4 is 11.6 Å². The van der Waals surface area contributed by atoms with E-state index in [0.717, 1.165) is 25.7 Å². The van der Waals surface area contributed by atoms with Gasteiger partial charge >= 0.3 is 0 Å². The minimum absolute atomic E-state index is 0.172.